The second kappa shape index (κ2) is 5.35. The minimum absolute atomic E-state index is 0.211. The first kappa shape index (κ1) is 13.9. The maximum atomic E-state index is 6.26. The molecule has 1 unspecified atom stereocenters. The van der Waals surface area contributed by atoms with Crippen molar-refractivity contribution in [2.24, 2.45) is 0 Å². The molecular weight excluding hydrogens is 361 g/mol. The topological polar surface area (TPSA) is 30.7 Å². The molecule has 3 aromatic rings. The zero-order valence-corrected chi connectivity index (χ0v) is 13.6. The van der Waals surface area contributed by atoms with Crippen LogP contribution in [-0.4, -0.2) is 14.5 Å². The van der Waals surface area contributed by atoms with Gasteiger partial charge in [-0.05, 0) is 47.1 Å². The van der Waals surface area contributed by atoms with Gasteiger partial charge in [0.05, 0.1) is 22.1 Å². The van der Waals surface area contributed by atoms with E-state index in [-0.39, 0.29) is 5.38 Å². The molecule has 0 N–H and O–H groups in total. The molecule has 1 aromatic carbocycles. The zero-order valence-electron chi connectivity index (χ0n) is 10.5. The van der Waals surface area contributed by atoms with Crippen LogP contribution in [-0.2, 0) is 0 Å². The molecular formula is C14H10BrCl2N3. The quantitative estimate of drug-likeness (QED) is 0.585. The predicted molar refractivity (Wildman–Crippen MR) is 85.8 cm³/mol. The minimum Gasteiger partial charge on any atom is -0.295 e. The summed E-state index contributed by atoms with van der Waals surface area (Å²) in [6.45, 7) is 1.90. The number of halogens is 3. The van der Waals surface area contributed by atoms with Crippen LogP contribution >= 0.6 is 39.1 Å². The monoisotopic (exact) mass is 369 g/mol. The molecule has 0 bridgehead atoms. The van der Waals surface area contributed by atoms with Crippen LogP contribution in [0.15, 0.2) is 41.1 Å². The molecule has 0 fully saturated rings. The third kappa shape index (κ3) is 2.32. The van der Waals surface area contributed by atoms with Gasteiger partial charge in [0.25, 0.3) is 0 Å². The fraction of sp³-hybridized carbons (Fsp3) is 0.143. The summed E-state index contributed by atoms with van der Waals surface area (Å²) in [5, 5.41) is 0.456. The van der Waals surface area contributed by atoms with Gasteiger partial charge in [-0.3, -0.25) is 9.55 Å². The number of rotatable bonds is 2. The Balaban J connectivity index is 2.33. The van der Waals surface area contributed by atoms with E-state index in [1.165, 1.54) is 0 Å². The van der Waals surface area contributed by atoms with Crippen LogP contribution in [0.1, 0.15) is 18.1 Å². The first-order chi connectivity index (χ1) is 9.58. The lowest BCUT2D eigenvalue weighted by molar-refractivity contribution is 0.882. The minimum atomic E-state index is -0.211. The molecule has 3 rings (SSSR count). The number of pyridine rings is 1. The Labute approximate surface area is 134 Å². The predicted octanol–water partition coefficient (Wildman–Crippen LogP) is 5.14. The van der Waals surface area contributed by atoms with E-state index in [1.807, 2.05) is 35.8 Å². The normalized spacial score (nSPS) is 12.8. The summed E-state index contributed by atoms with van der Waals surface area (Å²) in [5.74, 6) is 0.781. The number of alkyl halides is 1. The third-order valence-electron chi connectivity index (χ3n) is 3.00. The Morgan fingerprint density at radius 3 is 2.80 bits per heavy atom. The summed E-state index contributed by atoms with van der Waals surface area (Å²) in [5.41, 5.74) is 2.75. The van der Waals surface area contributed by atoms with E-state index >= 15 is 0 Å². The van der Waals surface area contributed by atoms with E-state index in [0.717, 1.165) is 27.0 Å². The molecule has 0 amide bonds. The average Bonchev–Trinajstić information content (AvgIpc) is 2.81. The summed E-state index contributed by atoms with van der Waals surface area (Å²) in [6.07, 6.45) is 3.48. The number of fused-ring (bicyclic) bond motifs is 1. The molecule has 20 heavy (non-hydrogen) atoms. The molecule has 0 spiro atoms. The Morgan fingerprint density at radius 2 is 2.10 bits per heavy atom. The SMILES string of the molecule is CC(Cl)c1nc2cnccc2n1-c1ccc(Cl)c(Br)c1. The highest BCUT2D eigenvalue weighted by Crippen LogP contribution is 2.31. The van der Waals surface area contributed by atoms with Gasteiger partial charge < -0.3 is 0 Å². The van der Waals surface area contributed by atoms with Gasteiger partial charge in [0.1, 0.15) is 11.3 Å². The van der Waals surface area contributed by atoms with Gasteiger partial charge in [0.15, 0.2) is 0 Å². The van der Waals surface area contributed by atoms with Crippen molar-refractivity contribution in [3.8, 4) is 5.69 Å². The van der Waals surface area contributed by atoms with Gasteiger partial charge in [-0.2, -0.15) is 0 Å². The van der Waals surface area contributed by atoms with E-state index in [9.17, 15) is 0 Å². The Hall–Kier alpha value is -1.10. The molecule has 2 heterocycles. The number of hydrogen-bond acceptors (Lipinski definition) is 2. The molecule has 2 aromatic heterocycles. The van der Waals surface area contributed by atoms with Crippen molar-refractivity contribution in [1.82, 2.24) is 14.5 Å². The van der Waals surface area contributed by atoms with E-state index in [0.29, 0.717) is 5.02 Å². The zero-order chi connectivity index (χ0) is 14.3. The highest BCUT2D eigenvalue weighted by atomic mass is 79.9. The number of nitrogens with zero attached hydrogens (tertiary/aromatic N) is 3. The van der Waals surface area contributed by atoms with E-state index < -0.39 is 0 Å². The third-order valence-corrected chi connectivity index (χ3v) is 4.41. The first-order valence-electron chi connectivity index (χ1n) is 6.00. The first-order valence-corrected chi connectivity index (χ1v) is 7.60. The van der Waals surface area contributed by atoms with Crippen LogP contribution in [0.2, 0.25) is 5.02 Å². The summed E-state index contributed by atoms with van der Waals surface area (Å²) < 4.78 is 2.86. The molecule has 6 heteroatoms. The fourth-order valence-corrected chi connectivity index (χ4v) is 2.74. The molecule has 0 aliphatic heterocycles. The van der Waals surface area contributed by atoms with E-state index in [1.54, 1.807) is 12.4 Å². The van der Waals surface area contributed by atoms with Crippen LogP contribution in [0, 0.1) is 0 Å². The molecule has 3 nitrogen and oxygen atoms in total. The number of benzene rings is 1. The molecule has 1 atom stereocenters. The van der Waals surface area contributed by atoms with Crippen molar-refractivity contribution in [2.75, 3.05) is 0 Å². The molecule has 0 radical (unpaired) electrons. The second-order valence-corrected chi connectivity index (χ2v) is 6.30. The maximum Gasteiger partial charge on any atom is 0.132 e. The van der Waals surface area contributed by atoms with Crippen LogP contribution < -0.4 is 0 Å². The van der Waals surface area contributed by atoms with Crippen molar-refractivity contribution in [2.45, 2.75) is 12.3 Å². The molecule has 0 saturated carbocycles. The largest absolute Gasteiger partial charge is 0.295 e. The highest BCUT2D eigenvalue weighted by Gasteiger charge is 2.16. The highest BCUT2D eigenvalue weighted by molar-refractivity contribution is 9.10. The summed E-state index contributed by atoms with van der Waals surface area (Å²) in [7, 11) is 0. The van der Waals surface area contributed by atoms with Gasteiger partial charge in [0, 0.05) is 16.4 Å². The summed E-state index contributed by atoms with van der Waals surface area (Å²) in [6, 6.07) is 7.66. The van der Waals surface area contributed by atoms with Gasteiger partial charge >= 0.3 is 0 Å². The molecule has 0 saturated heterocycles. The average molecular weight is 371 g/mol. The van der Waals surface area contributed by atoms with Crippen molar-refractivity contribution >= 4 is 50.2 Å². The van der Waals surface area contributed by atoms with Crippen molar-refractivity contribution in [3.63, 3.8) is 0 Å². The summed E-state index contributed by atoms with van der Waals surface area (Å²) in [4.78, 5) is 8.66. The molecule has 0 aliphatic carbocycles. The Kier molecular flexibility index (Phi) is 3.71. The van der Waals surface area contributed by atoms with Gasteiger partial charge in [-0.15, -0.1) is 11.6 Å². The Bertz CT molecular complexity index is 783. The lowest BCUT2D eigenvalue weighted by Crippen LogP contribution is -2.01. The summed E-state index contributed by atoms with van der Waals surface area (Å²) >= 11 is 15.8. The van der Waals surface area contributed by atoms with Crippen LogP contribution in [0.3, 0.4) is 0 Å². The van der Waals surface area contributed by atoms with Crippen LogP contribution in [0.25, 0.3) is 16.7 Å². The number of imidazole rings is 1. The van der Waals surface area contributed by atoms with Crippen LogP contribution in [0.4, 0.5) is 0 Å². The lowest BCUT2D eigenvalue weighted by Gasteiger charge is -2.11. The molecule has 102 valence electrons. The fourth-order valence-electron chi connectivity index (χ4n) is 2.11. The standard InChI is InChI=1S/C14H10BrCl2N3/c1-8(16)14-19-12-7-18-5-4-13(12)20(14)9-2-3-11(17)10(15)6-9/h2-8H,1H3. The van der Waals surface area contributed by atoms with Gasteiger partial charge in [-0.1, -0.05) is 11.6 Å². The van der Waals surface area contributed by atoms with Crippen LogP contribution in [0.5, 0.6) is 0 Å². The van der Waals surface area contributed by atoms with E-state index in [4.69, 9.17) is 23.2 Å². The Morgan fingerprint density at radius 1 is 1.30 bits per heavy atom. The lowest BCUT2D eigenvalue weighted by atomic mass is 10.3. The second-order valence-electron chi connectivity index (χ2n) is 4.38. The maximum absolute atomic E-state index is 6.26. The molecule has 0 aliphatic rings. The smallest absolute Gasteiger partial charge is 0.132 e. The van der Waals surface area contributed by atoms with Crippen molar-refractivity contribution in [1.29, 1.82) is 0 Å². The van der Waals surface area contributed by atoms with Crippen molar-refractivity contribution < 1.29 is 0 Å². The van der Waals surface area contributed by atoms with E-state index in [2.05, 4.69) is 25.9 Å². The van der Waals surface area contributed by atoms with Crippen molar-refractivity contribution in [3.05, 3.63) is 52.0 Å². The number of aromatic nitrogens is 3. The number of hydrogen-bond donors (Lipinski definition) is 0. The van der Waals surface area contributed by atoms with Gasteiger partial charge in [-0.25, -0.2) is 4.98 Å². The van der Waals surface area contributed by atoms with Gasteiger partial charge in [0.2, 0.25) is 0 Å².